The Bertz CT molecular complexity index is 1260. The van der Waals surface area contributed by atoms with E-state index in [2.05, 4.69) is 15.4 Å². The van der Waals surface area contributed by atoms with E-state index in [1.165, 1.54) is 35.0 Å². The Labute approximate surface area is 150 Å². The Morgan fingerprint density at radius 1 is 1.19 bits per heavy atom. The highest BCUT2D eigenvalue weighted by Crippen LogP contribution is 2.17. The number of aryl methyl sites for hydroxylation is 1. The Hall–Kier alpha value is -3.62. The molecule has 9 heteroatoms. The summed E-state index contributed by atoms with van der Waals surface area (Å²) in [7, 11) is 0. The standard InChI is InChI=1S/C18H13F2N5O2/c1-10-2-4-12(7-14(10)20)22-16(26)8-25-18(27)24-9-21-15-6-11(19)3-5-13(15)17(24)23-25/h2-7,9H,8H2,1H3,(H,22,26). The molecule has 0 unspecified atom stereocenters. The van der Waals surface area contributed by atoms with E-state index in [0.717, 1.165) is 4.68 Å². The van der Waals surface area contributed by atoms with Gasteiger partial charge in [0.1, 0.15) is 24.5 Å². The number of carbonyl (C=O) groups is 1. The van der Waals surface area contributed by atoms with E-state index in [-0.39, 0.29) is 17.9 Å². The Morgan fingerprint density at radius 3 is 2.78 bits per heavy atom. The highest BCUT2D eigenvalue weighted by atomic mass is 19.1. The van der Waals surface area contributed by atoms with Crippen molar-refractivity contribution in [3.63, 3.8) is 0 Å². The highest BCUT2D eigenvalue weighted by Gasteiger charge is 2.14. The number of amides is 1. The van der Waals surface area contributed by atoms with Gasteiger partial charge in [-0.2, -0.15) is 0 Å². The maximum Gasteiger partial charge on any atom is 0.352 e. The molecule has 4 aromatic rings. The van der Waals surface area contributed by atoms with Crippen LogP contribution >= 0.6 is 0 Å². The fourth-order valence-corrected chi connectivity index (χ4v) is 2.74. The summed E-state index contributed by atoms with van der Waals surface area (Å²) >= 11 is 0. The molecule has 136 valence electrons. The topological polar surface area (TPSA) is 81.3 Å². The summed E-state index contributed by atoms with van der Waals surface area (Å²) in [5.41, 5.74) is 0.787. The first-order chi connectivity index (χ1) is 12.9. The summed E-state index contributed by atoms with van der Waals surface area (Å²) in [6, 6.07) is 8.25. The second-order valence-electron chi connectivity index (χ2n) is 6.05. The third-order valence-corrected chi connectivity index (χ3v) is 4.13. The lowest BCUT2D eigenvalue weighted by molar-refractivity contribution is -0.117. The number of carbonyl (C=O) groups excluding carboxylic acids is 1. The van der Waals surface area contributed by atoms with Gasteiger partial charge in [-0.3, -0.25) is 4.79 Å². The molecule has 2 heterocycles. The molecule has 0 aliphatic carbocycles. The van der Waals surface area contributed by atoms with Crippen LogP contribution in [0.3, 0.4) is 0 Å². The number of nitrogens with one attached hydrogen (secondary N) is 1. The van der Waals surface area contributed by atoms with Crippen molar-refractivity contribution >= 4 is 28.1 Å². The zero-order chi connectivity index (χ0) is 19.1. The minimum atomic E-state index is -0.561. The summed E-state index contributed by atoms with van der Waals surface area (Å²) in [4.78, 5) is 28.7. The molecule has 4 rings (SSSR count). The van der Waals surface area contributed by atoms with E-state index in [0.29, 0.717) is 16.5 Å². The van der Waals surface area contributed by atoms with Crippen LogP contribution in [0.1, 0.15) is 5.56 Å². The molecule has 1 N–H and O–H groups in total. The molecule has 27 heavy (non-hydrogen) atoms. The molecule has 0 spiro atoms. The maximum absolute atomic E-state index is 13.6. The molecule has 2 aromatic heterocycles. The SMILES string of the molecule is Cc1ccc(NC(=O)Cn2nc3c4ccc(F)cc4ncn3c2=O)cc1F. The lowest BCUT2D eigenvalue weighted by Gasteiger charge is -2.05. The minimum Gasteiger partial charge on any atom is -0.324 e. The average Bonchev–Trinajstić information content (AvgIpc) is 2.94. The van der Waals surface area contributed by atoms with Crippen molar-refractivity contribution in [2.24, 2.45) is 0 Å². The number of hydrogen-bond acceptors (Lipinski definition) is 4. The molecular weight excluding hydrogens is 356 g/mol. The largest absolute Gasteiger partial charge is 0.352 e. The molecule has 1 amide bonds. The van der Waals surface area contributed by atoms with Gasteiger partial charge in [-0.05, 0) is 36.8 Å². The predicted octanol–water partition coefficient (Wildman–Crippen LogP) is 2.27. The highest BCUT2D eigenvalue weighted by molar-refractivity contribution is 5.92. The summed E-state index contributed by atoms with van der Waals surface area (Å²) in [5, 5.41) is 7.16. The zero-order valence-electron chi connectivity index (χ0n) is 14.1. The lowest BCUT2D eigenvalue weighted by Crippen LogP contribution is -2.28. The van der Waals surface area contributed by atoms with Gasteiger partial charge in [0.05, 0.1) is 5.52 Å². The molecule has 0 radical (unpaired) electrons. The second-order valence-corrected chi connectivity index (χ2v) is 6.05. The number of anilines is 1. The number of hydrogen-bond donors (Lipinski definition) is 1. The van der Waals surface area contributed by atoms with E-state index in [1.54, 1.807) is 19.1 Å². The van der Waals surface area contributed by atoms with Gasteiger partial charge >= 0.3 is 5.69 Å². The van der Waals surface area contributed by atoms with Crippen molar-refractivity contribution < 1.29 is 13.6 Å². The first-order valence-corrected chi connectivity index (χ1v) is 8.02. The van der Waals surface area contributed by atoms with E-state index in [1.807, 2.05) is 0 Å². The van der Waals surface area contributed by atoms with E-state index in [4.69, 9.17) is 0 Å². The normalized spacial score (nSPS) is 11.2. The number of rotatable bonds is 3. The Morgan fingerprint density at radius 2 is 2.00 bits per heavy atom. The van der Waals surface area contributed by atoms with Crippen molar-refractivity contribution in [3.05, 3.63) is 70.4 Å². The quantitative estimate of drug-likeness (QED) is 0.601. The van der Waals surface area contributed by atoms with Crippen LogP contribution in [-0.4, -0.2) is 25.1 Å². The number of fused-ring (bicyclic) bond motifs is 3. The van der Waals surface area contributed by atoms with E-state index >= 15 is 0 Å². The molecule has 0 saturated carbocycles. The number of nitrogens with zero attached hydrogens (tertiary/aromatic N) is 4. The fourth-order valence-electron chi connectivity index (χ4n) is 2.74. The molecule has 7 nitrogen and oxygen atoms in total. The van der Waals surface area contributed by atoms with Gasteiger partial charge < -0.3 is 5.32 Å². The molecule has 0 atom stereocenters. The molecular formula is C18H13F2N5O2. The molecule has 2 aromatic carbocycles. The van der Waals surface area contributed by atoms with Gasteiger partial charge in [0.2, 0.25) is 5.91 Å². The average molecular weight is 369 g/mol. The molecule has 0 saturated heterocycles. The first kappa shape index (κ1) is 16.8. The van der Waals surface area contributed by atoms with Crippen molar-refractivity contribution in [1.82, 2.24) is 19.2 Å². The third kappa shape index (κ3) is 3.03. The Balaban J connectivity index is 1.66. The fraction of sp³-hybridized carbons (Fsp3) is 0.111. The van der Waals surface area contributed by atoms with Crippen LogP contribution < -0.4 is 11.0 Å². The van der Waals surface area contributed by atoms with Gasteiger partial charge in [-0.25, -0.2) is 27.6 Å². The van der Waals surface area contributed by atoms with Crippen LogP contribution in [0, 0.1) is 18.6 Å². The van der Waals surface area contributed by atoms with Crippen molar-refractivity contribution in [3.8, 4) is 0 Å². The summed E-state index contributed by atoms with van der Waals surface area (Å²) in [6.45, 7) is 1.25. The monoisotopic (exact) mass is 369 g/mol. The van der Waals surface area contributed by atoms with Crippen LogP contribution in [0.15, 0.2) is 47.5 Å². The van der Waals surface area contributed by atoms with Crippen LogP contribution in [-0.2, 0) is 11.3 Å². The van der Waals surface area contributed by atoms with Gasteiger partial charge in [0.15, 0.2) is 5.65 Å². The van der Waals surface area contributed by atoms with Gasteiger partial charge in [-0.1, -0.05) is 6.07 Å². The second kappa shape index (κ2) is 6.27. The van der Waals surface area contributed by atoms with Gasteiger partial charge in [-0.15, -0.1) is 5.10 Å². The zero-order valence-corrected chi connectivity index (χ0v) is 14.1. The summed E-state index contributed by atoms with van der Waals surface area (Å²) in [6.07, 6.45) is 1.23. The predicted molar refractivity (Wildman–Crippen MR) is 94.5 cm³/mol. The van der Waals surface area contributed by atoms with Crippen molar-refractivity contribution in [2.45, 2.75) is 13.5 Å². The molecule has 0 aliphatic rings. The van der Waals surface area contributed by atoms with Crippen LogP contribution in [0.2, 0.25) is 0 Å². The first-order valence-electron chi connectivity index (χ1n) is 8.02. The third-order valence-electron chi connectivity index (χ3n) is 4.13. The molecule has 0 fully saturated rings. The number of benzene rings is 2. The lowest BCUT2D eigenvalue weighted by atomic mass is 10.2. The summed E-state index contributed by atoms with van der Waals surface area (Å²) in [5.74, 6) is -1.43. The van der Waals surface area contributed by atoms with E-state index < -0.39 is 23.2 Å². The minimum absolute atomic E-state index is 0.263. The van der Waals surface area contributed by atoms with Gasteiger partial charge in [0, 0.05) is 17.1 Å². The van der Waals surface area contributed by atoms with Crippen LogP contribution in [0.5, 0.6) is 0 Å². The van der Waals surface area contributed by atoms with Crippen molar-refractivity contribution in [2.75, 3.05) is 5.32 Å². The maximum atomic E-state index is 13.6. The number of aromatic nitrogens is 4. The van der Waals surface area contributed by atoms with E-state index in [9.17, 15) is 18.4 Å². The number of halogens is 2. The smallest absolute Gasteiger partial charge is 0.324 e. The van der Waals surface area contributed by atoms with Gasteiger partial charge in [0.25, 0.3) is 0 Å². The molecule has 0 aliphatic heterocycles. The Kier molecular flexibility index (Phi) is 3.91. The van der Waals surface area contributed by atoms with Crippen molar-refractivity contribution in [1.29, 1.82) is 0 Å². The summed E-state index contributed by atoms with van der Waals surface area (Å²) < 4.78 is 29.1. The van der Waals surface area contributed by atoms with Crippen LogP contribution in [0.25, 0.3) is 16.6 Å². The molecule has 0 bridgehead atoms. The van der Waals surface area contributed by atoms with Crippen LogP contribution in [0.4, 0.5) is 14.5 Å².